The van der Waals surface area contributed by atoms with E-state index in [2.05, 4.69) is 39.2 Å². The van der Waals surface area contributed by atoms with E-state index < -0.39 is 8.72 Å². The van der Waals surface area contributed by atoms with E-state index in [0.29, 0.717) is 0 Å². The van der Waals surface area contributed by atoms with Crippen molar-refractivity contribution in [2.45, 2.75) is 72.8 Å². The lowest BCUT2D eigenvalue weighted by atomic mass is 10.3. The van der Waals surface area contributed by atoms with Crippen LogP contribution in [0.1, 0.15) is 66.7 Å². The predicted octanol–water partition coefficient (Wildman–Crippen LogP) is 4.31. The first-order chi connectivity index (χ1) is 9.20. The van der Waals surface area contributed by atoms with Crippen LogP contribution < -0.4 is 0 Å². The molecule has 0 heterocycles. The van der Waals surface area contributed by atoms with Gasteiger partial charge in [0.1, 0.15) is 0 Å². The molecule has 19 heavy (non-hydrogen) atoms. The molecule has 0 rings (SSSR count). The van der Waals surface area contributed by atoms with Crippen LogP contribution in [-0.4, -0.2) is 39.6 Å². The second kappa shape index (κ2) is 11.9. The van der Waals surface area contributed by atoms with Gasteiger partial charge in [-0.15, -0.1) is 0 Å². The van der Waals surface area contributed by atoms with Crippen LogP contribution in [0.15, 0.2) is 0 Å². The molecule has 116 valence electrons. The van der Waals surface area contributed by atoms with Crippen molar-refractivity contribution in [1.29, 1.82) is 0 Å². The average Bonchev–Trinajstić information content (AvgIpc) is 2.39. The Morgan fingerprint density at radius 3 is 1.53 bits per heavy atom. The van der Waals surface area contributed by atoms with Gasteiger partial charge in [-0.25, -0.2) is 0 Å². The lowest BCUT2D eigenvalue weighted by Crippen LogP contribution is -2.59. The fourth-order valence-corrected chi connectivity index (χ4v) is 6.03. The SMILES string of the molecule is CCCCN(CCCC)[Si](CCC)(OCC)OCC. The first-order valence-corrected chi connectivity index (χ1v) is 10.2. The molecule has 0 saturated heterocycles. The highest BCUT2D eigenvalue weighted by atomic mass is 28.4. The van der Waals surface area contributed by atoms with Crippen LogP contribution in [0.5, 0.6) is 0 Å². The van der Waals surface area contributed by atoms with Crippen LogP contribution in [0.4, 0.5) is 0 Å². The van der Waals surface area contributed by atoms with E-state index >= 15 is 0 Å². The van der Waals surface area contributed by atoms with Gasteiger partial charge in [-0.1, -0.05) is 40.0 Å². The standard InChI is InChI=1S/C15H35NO2Si/c1-6-11-13-16(14-12-7-2)19(15-8-3,17-9-4)18-10-5/h6-15H2,1-5H3. The summed E-state index contributed by atoms with van der Waals surface area (Å²) in [5, 5.41) is 0. The summed E-state index contributed by atoms with van der Waals surface area (Å²) in [4.78, 5) is 0. The second-order valence-corrected chi connectivity index (χ2v) is 8.16. The zero-order chi connectivity index (χ0) is 14.6. The van der Waals surface area contributed by atoms with E-state index in [1.807, 2.05) is 0 Å². The minimum atomic E-state index is -2.17. The normalized spacial score (nSPS) is 12.3. The zero-order valence-corrected chi connectivity index (χ0v) is 14.8. The van der Waals surface area contributed by atoms with Crippen molar-refractivity contribution in [3.63, 3.8) is 0 Å². The van der Waals surface area contributed by atoms with Gasteiger partial charge < -0.3 is 8.85 Å². The van der Waals surface area contributed by atoms with Crippen molar-refractivity contribution in [3.8, 4) is 0 Å². The van der Waals surface area contributed by atoms with Crippen molar-refractivity contribution >= 4 is 8.72 Å². The highest BCUT2D eigenvalue weighted by Crippen LogP contribution is 2.22. The third-order valence-electron chi connectivity index (χ3n) is 3.35. The topological polar surface area (TPSA) is 21.7 Å². The fourth-order valence-electron chi connectivity index (χ4n) is 2.44. The zero-order valence-electron chi connectivity index (χ0n) is 13.8. The summed E-state index contributed by atoms with van der Waals surface area (Å²) in [5.74, 6) is 0. The molecule has 0 fully saturated rings. The van der Waals surface area contributed by atoms with Crippen molar-refractivity contribution in [2.24, 2.45) is 0 Å². The molecule has 0 radical (unpaired) electrons. The van der Waals surface area contributed by atoms with Gasteiger partial charge >= 0.3 is 8.72 Å². The minimum Gasteiger partial charge on any atom is -0.383 e. The molecule has 0 bridgehead atoms. The Kier molecular flexibility index (Phi) is 11.9. The molecule has 0 unspecified atom stereocenters. The van der Waals surface area contributed by atoms with Gasteiger partial charge in [-0.3, -0.25) is 4.57 Å². The Morgan fingerprint density at radius 1 is 0.737 bits per heavy atom. The lowest BCUT2D eigenvalue weighted by Gasteiger charge is -2.39. The molecule has 0 spiro atoms. The van der Waals surface area contributed by atoms with Crippen LogP contribution in [0.2, 0.25) is 6.04 Å². The molecule has 0 atom stereocenters. The van der Waals surface area contributed by atoms with Crippen molar-refractivity contribution in [1.82, 2.24) is 4.57 Å². The van der Waals surface area contributed by atoms with E-state index in [1.54, 1.807) is 0 Å². The van der Waals surface area contributed by atoms with Gasteiger partial charge in [-0.05, 0) is 39.8 Å². The number of unbranched alkanes of at least 4 members (excludes halogenated alkanes) is 2. The first kappa shape index (κ1) is 19.1. The molecule has 0 amide bonds. The minimum absolute atomic E-state index is 0.765. The molecule has 0 aliphatic rings. The summed E-state index contributed by atoms with van der Waals surface area (Å²) >= 11 is 0. The summed E-state index contributed by atoms with van der Waals surface area (Å²) in [5.41, 5.74) is 0. The maximum absolute atomic E-state index is 6.21. The molecular formula is C15H35NO2Si. The van der Waals surface area contributed by atoms with Crippen LogP contribution in [0.3, 0.4) is 0 Å². The number of rotatable bonds is 13. The summed E-state index contributed by atoms with van der Waals surface area (Å²) in [6.07, 6.45) is 6.08. The molecule has 0 aromatic heterocycles. The first-order valence-electron chi connectivity index (χ1n) is 8.23. The van der Waals surface area contributed by atoms with Gasteiger partial charge in [0.25, 0.3) is 0 Å². The Balaban J connectivity index is 4.91. The Morgan fingerprint density at radius 2 is 1.21 bits per heavy atom. The van der Waals surface area contributed by atoms with E-state index in [4.69, 9.17) is 8.85 Å². The molecule has 0 aliphatic carbocycles. The summed E-state index contributed by atoms with van der Waals surface area (Å²) in [6, 6.07) is 1.09. The monoisotopic (exact) mass is 289 g/mol. The third-order valence-corrected chi connectivity index (χ3v) is 7.37. The van der Waals surface area contributed by atoms with Crippen molar-refractivity contribution < 1.29 is 8.85 Å². The van der Waals surface area contributed by atoms with Crippen LogP contribution in [-0.2, 0) is 8.85 Å². The number of hydrogen-bond acceptors (Lipinski definition) is 3. The largest absolute Gasteiger partial charge is 0.427 e. The Bertz CT molecular complexity index is 178. The lowest BCUT2D eigenvalue weighted by molar-refractivity contribution is 0.117. The van der Waals surface area contributed by atoms with E-state index in [-0.39, 0.29) is 0 Å². The Labute approximate surface area is 122 Å². The van der Waals surface area contributed by atoms with Gasteiger partial charge in [0.2, 0.25) is 0 Å². The maximum Gasteiger partial charge on any atom is 0.427 e. The van der Waals surface area contributed by atoms with Crippen LogP contribution in [0.25, 0.3) is 0 Å². The van der Waals surface area contributed by atoms with Crippen molar-refractivity contribution in [2.75, 3.05) is 26.3 Å². The van der Waals surface area contributed by atoms with Gasteiger partial charge in [0.05, 0.1) is 0 Å². The Hall–Kier alpha value is 0.0969. The number of nitrogens with zero attached hydrogens (tertiary/aromatic N) is 1. The smallest absolute Gasteiger partial charge is 0.383 e. The molecular weight excluding hydrogens is 254 g/mol. The van der Waals surface area contributed by atoms with Crippen LogP contribution in [0, 0.1) is 0 Å². The van der Waals surface area contributed by atoms with Gasteiger partial charge in [0, 0.05) is 19.3 Å². The molecule has 0 aromatic carbocycles. The van der Waals surface area contributed by atoms with Gasteiger partial charge in [0.15, 0.2) is 0 Å². The molecule has 0 aliphatic heterocycles. The molecule has 3 nitrogen and oxygen atoms in total. The maximum atomic E-state index is 6.21. The van der Waals surface area contributed by atoms with E-state index in [1.165, 1.54) is 25.7 Å². The average molecular weight is 290 g/mol. The number of hydrogen-bond donors (Lipinski definition) is 0. The fraction of sp³-hybridized carbons (Fsp3) is 1.00. The quantitative estimate of drug-likeness (QED) is 0.472. The second-order valence-electron chi connectivity index (χ2n) is 5.02. The summed E-state index contributed by atoms with van der Waals surface area (Å²) < 4.78 is 15.0. The van der Waals surface area contributed by atoms with E-state index in [9.17, 15) is 0 Å². The highest BCUT2D eigenvalue weighted by Gasteiger charge is 2.43. The molecule has 4 heteroatoms. The van der Waals surface area contributed by atoms with Crippen molar-refractivity contribution in [3.05, 3.63) is 0 Å². The summed E-state index contributed by atoms with van der Waals surface area (Å²) in [6.45, 7) is 14.7. The molecule has 0 N–H and O–H groups in total. The highest BCUT2D eigenvalue weighted by molar-refractivity contribution is 6.64. The summed E-state index contributed by atoms with van der Waals surface area (Å²) in [7, 11) is -2.17. The predicted molar refractivity (Wildman–Crippen MR) is 85.5 cm³/mol. The van der Waals surface area contributed by atoms with E-state index in [0.717, 1.165) is 38.8 Å². The van der Waals surface area contributed by atoms with Gasteiger partial charge in [-0.2, -0.15) is 0 Å². The van der Waals surface area contributed by atoms with Crippen LogP contribution >= 0.6 is 0 Å². The molecule has 0 aromatic rings. The third kappa shape index (κ3) is 6.89. The molecule has 0 saturated carbocycles.